The van der Waals surface area contributed by atoms with Crippen molar-refractivity contribution in [1.82, 2.24) is 0 Å². The highest BCUT2D eigenvalue weighted by Gasteiger charge is 2.06. The number of hydrogen-bond donors (Lipinski definition) is 0. The SMILES string of the molecule is [N-]=[N+]=CC(=O)c1ccc(-c2ccccc2)cc1. The third-order valence-corrected chi connectivity index (χ3v) is 2.45. The summed E-state index contributed by atoms with van der Waals surface area (Å²) in [6.07, 6.45) is 0.886. The molecule has 2 aromatic rings. The van der Waals surface area contributed by atoms with Gasteiger partial charge in [0, 0.05) is 5.56 Å². The zero-order valence-corrected chi connectivity index (χ0v) is 9.08. The van der Waals surface area contributed by atoms with Crippen molar-refractivity contribution < 1.29 is 9.58 Å². The molecule has 0 N–H and O–H groups in total. The fourth-order valence-electron chi connectivity index (χ4n) is 1.58. The molecule has 0 aromatic heterocycles. The Bertz CT molecular complexity index is 567. The average molecular weight is 222 g/mol. The van der Waals surface area contributed by atoms with Crippen molar-refractivity contribution >= 4 is 12.0 Å². The summed E-state index contributed by atoms with van der Waals surface area (Å²) in [4.78, 5) is 14.1. The van der Waals surface area contributed by atoms with Gasteiger partial charge < -0.3 is 5.53 Å². The Morgan fingerprint density at radius 3 is 2.12 bits per heavy atom. The van der Waals surface area contributed by atoms with E-state index < -0.39 is 0 Å². The van der Waals surface area contributed by atoms with Crippen LogP contribution in [-0.4, -0.2) is 16.8 Å². The number of benzene rings is 2. The Labute approximate surface area is 99.0 Å². The Kier molecular flexibility index (Phi) is 3.24. The molecule has 0 aliphatic rings. The van der Waals surface area contributed by atoms with Crippen molar-refractivity contribution in [3.63, 3.8) is 0 Å². The summed E-state index contributed by atoms with van der Waals surface area (Å²) in [7, 11) is 0. The van der Waals surface area contributed by atoms with Gasteiger partial charge in [-0.3, -0.25) is 4.79 Å². The predicted octanol–water partition coefficient (Wildman–Crippen LogP) is 2.84. The van der Waals surface area contributed by atoms with Crippen molar-refractivity contribution in [2.75, 3.05) is 0 Å². The number of carbonyl (C=O) groups is 1. The first-order valence-corrected chi connectivity index (χ1v) is 5.18. The maximum absolute atomic E-state index is 11.4. The molecule has 0 atom stereocenters. The molecule has 0 amide bonds. The first-order valence-electron chi connectivity index (χ1n) is 5.18. The smallest absolute Gasteiger partial charge is 0.328 e. The second-order valence-electron chi connectivity index (χ2n) is 3.55. The highest BCUT2D eigenvalue weighted by molar-refractivity contribution is 6.33. The molecule has 0 unspecified atom stereocenters. The number of hydrogen-bond acceptors (Lipinski definition) is 1. The Morgan fingerprint density at radius 2 is 1.53 bits per heavy atom. The summed E-state index contributed by atoms with van der Waals surface area (Å²) in [5.41, 5.74) is 10.9. The minimum Gasteiger partial charge on any atom is -0.361 e. The van der Waals surface area contributed by atoms with E-state index in [2.05, 4.69) is 4.79 Å². The van der Waals surface area contributed by atoms with Crippen molar-refractivity contribution in [2.45, 2.75) is 0 Å². The van der Waals surface area contributed by atoms with E-state index in [1.165, 1.54) is 0 Å². The number of rotatable bonds is 3. The number of ketones is 1. The van der Waals surface area contributed by atoms with Gasteiger partial charge in [-0.15, -0.1) is 0 Å². The van der Waals surface area contributed by atoms with E-state index in [-0.39, 0.29) is 5.78 Å². The predicted molar refractivity (Wildman–Crippen MR) is 65.9 cm³/mol. The van der Waals surface area contributed by atoms with E-state index in [1.54, 1.807) is 12.1 Å². The van der Waals surface area contributed by atoms with Gasteiger partial charge in [0.15, 0.2) is 0 Å². The van der Waals surface area contributed by atoms with Crippen LogP contribution in [0.5, 0.6) is 0 Å². The summed E-state index contributed by atoms with van der Waals surface area (Å²) >= 11 is 0. The van der Waals surface area contributed by atoms with E-state index in [9.17, 15) is 4.79 Å². The van der Waals surface area contributed by atoms with Gasteiger partial charge in [-0.1, -0.05) is 54.6 Å². The van der Waals surface area contributed by atoms with Gasteiger partial charge in [0.05, 0.1) is 0 Å². The molecule has 3 heteroatoms. The van der Waals surface area contributed by atoms with E-state index in [0.29, 0.717) is 5.56 Å². The van der Waals surface area contributed by atoms with Crippen LogP contribution in [-0.2, 0) is 0 Å². The van der Waals surface area contributed by atoms with Gasteiger partial charge in [0.25, 0.3) is 5.78 Å². The summed E-state index contributed by atoms with van der Waals surface area (Å²) in [6.45, 7) is 0. The summed E-state index contributed by atoms with van der Waals surface area (Å²) in [6, 6.07) is 17.1. The molecule has 0 heterocycles. The molecule has 0 radical (unpaired) electrons. The van der Waals surface area contributed by atoms with Crippen LogP contribution in [0.2, 0.25) is 0 Å². The molecule has 0 aliphatic heterocycles. The van der Waals surface area contributed by atoms with Crippen LogP contribution in [0.15, 0.2) is 54.6 Å². The normalized spacial score (nSPS) is 9.41. The van der Waals surface area contributed by atoms with Gasteiger partial charge in [0.2, 0.25) is 0 Å². The van der Waals surface area contributed by atoms with Gasteiger partial charge in [-0.2, -0.15) is 4.79 Å². The second kappa shape index (κ2) is 5.01. The van der Waals surface area contributed by atoms with Gasteiger partial charge in [-0.05, 0) is 11.1 Å². The Balaban J connectivity index is 2.31. The lowest BCUT2D eigenvalue weighted by atomic mass is 10.0. The van der Waals surface area contributed by atoms with Crippen molar-refractivity contribution in [2.24, 2.45) is 0 Å². The Hall–Kier alpha value is -2.51. The van der Waals surface area contributed by atoms with Crippen LogP contribution in [0.25, 0.3) is 16.7 Å². The van der Waals surface area contributed by atoms with Gasteiger partial charge in [-0.25, -0.2) is 0 Å². The molecule has 0 bridgehead atoms. The molecule has 0 saturated carbocycles. The molecule has 17 heavy (non-hydrogen) atoms. The highest BCUT2D eigenvalue weighted by atomic mass is 16.1. The van der Waals surface area contributed by atoms with E-state index in [0.717, 1.165) is 17.3 Å². The fourth-order valence-corrected chi connectivity index (χ4v) is 1.58. The maximum atomic E-state index is 11.4. The lowest BCUT2D eigenvalue weighted by Gasteiger charge is -2.01. The molecule has 3 nitrogen and oxygen atoms in total. The summed E-state index contributed by atoms with van der Waals surface area (Å²) in [5, 5.41) is 0. The lowest BCUT2D eigenvalue weighted by molar-refractivity contribution is 0.00235. The first kappa shape index (κ1) is 11.0. The number of Topliss-reactive ketones (excluding diaryl/α,β-unsaturated/α-hetero) is 1. The van der Waals surface area contributed by atoms with Gasteiger partial charge in [0.1, 0.15) is 0 Å². The standard InChI is InChI=1S/C14H10N2O/c15-16-10-14(17)13-8-6-12(7-9-13)11-4-2-1-3-5-11/h1-10H. The second-order valence-corrected chi connectivity index (χ2v) is 3.55. The van der Waals surface area contributed by atoms with E-state index in [1.807, 2.05) is 42.5 Å². The topological polar surface area (TPSA) is 53.5 Å². The average Bonchev–Trinajstić information content (AvgIpc) is 2.40. The van der Waals surface area contributed by atoms with Crippen LogP contribution in [0.4, 0.5) is 0 Å². The van der Waals surface area contributed by atoms with Crippen molar-refractivity contribution in [3.05, 3.63) is 65.7 Å². The molecular formula is C14H10N2O. The van der Waals surface area contributed by atoms with Crippen LogP contribution >= 0.6 is 0 Å². The molecule has 2 aromatic carbocycles. The number of nitrogens with zero attached hydrogens (tertiary/aromatic N) is 2. The van der Waals surface area contributed by atoms with Crippen LogP contribution < -0.4 is 0 Å². The van der Waals surface area contributed by atoms with E-state index in [4.69, 9.17) is 5.53 Å². The molecule has 0 fully saturated rings. The minimum atomic E-state index is -0.313. The van der Waals surface area contributed by atoms with Crippen molar-refractivity contribution in [3.8, 4) is 11.1 Å². The van der Waals surface area contributed by atoms with Crippen molar-refractivity contribution in [1.29, 1.82) is 0 Å². The zero-order chi connectivity index (χ0) is 12.1. The largest absolute Gasteiger partial charge is 0.361 e. The van der Waals surface area contributed by atoms with E-state index >= 15 is 0 Å². The monoisotopic (exact) mass is 222 g/mol. The summed E-state index contributed by atoms with van der Waals surface area (Å²) < 4.78 is 0. The molecule has 0 saturated heterocycles. The molecular weight excluding hydrogens is 212 g/mol. The third kappa shape index (κ3) is 2.54. The van der Waals surface area contributed by atoms with Gasteiger partial charge >= 0.3 is 6.21 Å². The van der Waals surface area contributed by atoms with Crippen LogP contribution in [0, 0.1) is 0 Å². The first-order chi connectivity index (χ1) is 8.31. The number of carbonyl (C=O) groups excluding carboxylic acids is 1. The molecule has 0 spiro atoms. The lowest BCUT2D eigenvalue weighted by Crippen LogP contribution is -2.00. The zero-order valence-electron chi connectivity index (χ0n) is 9.08. The minimum absolute atomic E-state index is 0.313. The van der Waals surface area contributed by atoms with Crippen LogP contribution in [0.1, 0.15) is 10.4 Å². The molecule has 2 rings (SSSR count). The maximum Gasteiger partial charge on any atom is 0.328 e. The van der Waals surface area contributed by atoms with Crippen LogP contribution in [0.3, 0.4) is 0 Å². The summed E-state index contributed by atoms with van der Waals surface area (Å²) in [5.74, 6) is -0.313. The molecule has 82 valence electrons. The Morgan fingerprint density at radius 1 is 0.941 bits per heavy atom. The molecule has 0 aliphatic carbocycles. The fraction of sp³-hybridized carbons (Fsp3) is 0. The third-order valence-electron chi connectivity index (χ3n) is 2.45. The quantitative estimate of drug-likeness (QED) is 0.341. The highest BCUT2D eigenvalue weighted by Crippen LogP contribution is 2.19.